The Labute approximate surface area is 64.6 Å². The van der Waals surface area contributed by atoms with Crippen molar-refractivity contribution in [2.24, 2.45) is 0 Å². The molecule has 0 N–H and O–H groups in total. The first-order chi connectivity index (χ1) is 4.81. The minimum absolute atomic E-state index is 0.0852. The largest absolute Gasteiger partial charge is 0.500 e. The number of alkyl halides is 3. The van der Waals surface area contributed by atoms with Gasteiger partial charge in [-0.25, -0.2) is 8.42 Å². The SMILES string of the molecule is CCCPS(=O)(=O)C(F)(F)F. The first-order valence-corrected chi connectivity index (χ1v) is 6.28. The summed E-state index contributed by atoms with van der Waals surface area (Å²) in [4.78, 5) is 0. The van der Waals surface area contributed by atoms with Crippen LogP contribution >= 0.6 is 7.78 Å². The smallest absolute Gasteiger partial charge is 0.216 e. The Hall–Kier alpha value is 0.170. The van der Waals surface area contributed by atoms with Gasteiger partial charge >= 0.3 is 5.51 Å². The molecule has 1 unspecified atom stereocenters. The van der Waals surface area contributed by atoms with Crippen molar-refractivity contribution < 1.29 is 21.6 Å². The Bertz CT molecular complexity index is 208. The van der Waals surface area contributed by atoms with Gasteiger partial charge in [0.1, 0.15) is 0 Å². The highest BCUT2D eigenvalue weighted by Crippen LogP contribution is 2.36. The van der Waals surface area contributed by atoms with E-state index < -0.39 is 22.7 Å². The van der Waals surface area contributed by atoms with Crippen LogP contribution in [-0.4, -0.2) is 20.1 Å². The highest BCUT2D eigenvalue weighted by Gasteiger charge is 2.44. The predicted molar refractivity (Wildman–Crippen MR) is 38.4 cm³/mol. The Morgan fingerprint density at radius 3 is 2.09 bits per heavy atom. The first-order valence-electron chi connectivity index (χ1n) is 2.87. The fourth-order valence-corrected chi connectivity index (χ4v) is 2.86. The van der Waals surface area contributed by atoms with Crippen molar-refractivity contribution in [2.45, 2.75) is 18.9 Å². The van der Waals surface area contributed by atoms with E-state index >= 15 is 0 Å². The van der Waals surface area contributed by atoms with Crippen LogP contribution in [0, 0.1) is 0 Å². The maximum atomic E-state index is 11.6. The molecule has 0 aliphatic heterocycles. The summed E-state index contributed by atoms with van der Waals surface area (Å²) in [5.41, 5.74) is -5.07. The van der Waals surface area contributed by atoms with Crippen molar-refractivity contribution in [3.63, 3.8) is 0 Å². The van der Waals surface area contributed by atoms with Gasteiger partial charge in [-0.3, -0.25) is 0 Å². The molecule has 11 heavy (non-hydrogen) atoms. The highest BCUT2D eigenvalue weighted by atomic mass is 32.8. The molecule has 0 fully saturated rings. The molecule has 0 heterocycles. The second-order valence-corrected chi connectivity index (χ2v) is 6.58. The van der Waals surface area contributed by atoms with Gasteiger partial charge in [0, 0.05) is 7.78 Å². The first kappa shape index (κ1) is 11.2. The third-order valence-electron chi connectivity index (χ3n) is 0.847. The van der Waals surface area contributed by atoms with Gasteiger partial charge in [0.25, 0.3) is 9.46 Å². The third kappa shape index (κ3) is 3.38. The summed E-state index contributed by atoms with van der Waals surface area (Å²) in [5.74, 6) is 0. The van der Waals surface area contributed by atoms with Crippen molar-refractivity contribution in [3.8, 4) is 0 Å². The van der Waals surface area contributed by atoms with Crippen molar-refractivity contribution >= 4 is 17.2 Å². The molecule has 0 aliphatic rings. The van der Waals surface area contributed by atoms with Crippen LogP contribution in [0.3, 0.4) is 0 Å². The lowest BCUT2D eigenvalue weighted by Crippen LogP contribution is -2.18. The van der Waals surface area contributed by atoms with Gasteiger partial charge in [0.2, 0.25) is 0 Å². The van der Waals surface area contributed by atoms with Crippen LogP contribution in [0.2, 0.25) is 0 Å². The molecule has 0 spiro atoms. The van der Waals surface area contributed by atoms with Crippen LogP contribution in [0.4, 0.5) is 13.2 Å². The molecule has 0 aromatic rings. The summed E-state index contributed by atoms with van der Waals surface area (Å²) >= 11 is 0. The van der Waals surface area contributed by atoms with E-state index in [9.17, 15) is 21.6 Å². The molecule has 0 saturated carbocycles. The lowest BCUT2D eigenvalue weighted by Gasteiger charge is -2.05. The standard InChI is InChI=1S/C4H8F3O2PS/c1-2-3-10-11(8,9)4(5,6)7/h10H,2-3H2,1H3. The summed E-state index contributed by atoms with van der Waals surface area (Å²) in [6, 6.07) is 0. The number of rotatable bonds is 3. The van der Waals surface area contributed by atoms with Crippen LogP contribution in [0.15, 0.2) is 0 Å². The maximum Gasteiger partial charge on any atom is 0.500 e. The van der Waals surface area contributed by atoms with Crippen molar-refractivity contribution in [1.82, 2.24) is 0 Å². The van der Waals surface area contributed by atoms with E-state index in [2.05, 4.69) is 0 Å². The molecule has 1 atom stereocenters. The predicted octanol–water partition coefficient (Wildman–Crippen LogP) is 1.92. The van der Waals surface area contributed by atoms with Gasteiger partial charge in [0.05, 0.1) is 0 Å². The average molecular weight is 208 g/mol. The average Bonchev–Trinajstić information content (AvgIpc) is 1.81. The molecular formula is C4H8F3O2PS. The summed E-state index contributed by atoms with van der Waals surface area (Å²) < 4.78 is 55.3. The van der Waals surface area contributed by atoms with Crippen LogP contribution in [0.1, 0.15) is 13.3 Å². The minimum Gasteiger partial charge on any atom is -0.216 e. The monoisotopic (exact) mass is 208 g/mol. The molecule has 2 nitrogen and oxygen atoms in total. The Balaban J connectivity index is 4.26. The van der Waals surface area contributed by atoms with Gasteiger partial charge in [-0.2, -0.15) is 13.2 Å². The lowest BCUT2D eigenvalue weighted by molar-refractivity contribution is -0.0411. The molecule has 0 aromatic carbocycles. The van der Waals surface area contributed by atoms with Gasteiger partial charge < -0.3 is 0 Å². The molecule has 0 rings (SSSR count). The molecule has 0 amide bonds. The maximum absolute atomic E-state index is 11.6. The van der Waals surface area contributed by atoms with E-state index in [-0.39, 0.29) is 6.16 Å². The van der Waals surface area contributed by atoms with Crippen molar-refractivity contribution in [2.75, 3.05) is 6.16 Å². The minimum atomic E-state index is -5.07. The van der Waals surface area contributed by atoms with Crippen LogP contribution < -0.4 is 0 Å². The zero-order valence-corrected chi connectivity index (χ0v) is 7.59. The molecule has 0 saturated heterocycles. The van der Waals surface area contributed by atoms with E-state index in [1.807, 2.05) is 0 Å². The molecule has 0 radical (unpaired) electrons. The Kier molecular flexibility index (Phi) is 3.77. The Morgan fingerprint density at radius 1 is 1.36 bits per heavy atom. The number of hydrogen-bond acceptors (Lipinski definition) is 2. The van der Waals surface area contributed by atoms with E-state index in [0.717, 1.165) is 0 Å². The summed E-state index contributed by atoms with van der Waals surface area (Å²) in [5, 5.41) is 0. The van der Waals surface area contributed by atoms with Crippen LogP contribution in [0.5, 0.6) is 0 Å². The summed E-state index contributed by atoms with van der Waals surface area (Å²) in [6.45, 7) is 1.64. The second-order valence-electron chi connectivity index (χ2n) is 1.84. The topological polar surface area (TPSA) is 34.1 Å². The molecule has 7 heteroatoms. The number of hydrogen-bond donors (Lipinski definition) is 0. The molecule has 0 aromatic heterocycles. The quantitative estimate of drug-likeness (QED) is 0.664. The highest BCUT2D eigenvalue weighted by molar-refractivity contribution is 8.44. The van der Waals surface area contributed by atoms with Crippen LogP contribution in [-0.2, 0) is 9.46 Å². The van der Waals surface area contributed by atoms with E-state index in [0.29, 0.717) is 6.42 Å². The van der Waals surface area contributed by atoms with Gasteiger partial charge in [-0.15, -0.1) is 0 Å². The van der Waals surface area contributed by atoms with Crippen molar-refractivity contribution in [3.05, 3.63) is 0 Å². The van der Waals surface area contributed by atoms with E-state index in [1.54, 1.807) is 6.92 Å². The summed E-state index contributed by atoms with van der Waals surface area (Å²) in [7, 11) is -5.87. The fraction of sp³-hybridized carbons (Fsp3) is 1.00. The fourth-order valence-electron chi connectivity index (χ4n) is 0.318. The van der Waals surface area contributed by atoms with Crippen molar-refractivity contribution in [1.29, 1.82) is 0 Å². The van der Waals surface area contributed by atoms with Gasteiger partial charge in [0.15, 0.2) is 0 Å². The number of halogens is 3. The lowest BCUT2D eigenvalue weighted by atomic mass is 10.6. The molecular weight excluding hydrogens is 200 g/mol. The normalized spacial score (nSPS) is 14.5. The molecule has 0 aliphatic carbocycles. The van der Waals surface area contributed by atoms with Gasteiger partial charge in [-0.1, -0.05) is 13.3 Å². The summed E-state index contributed by atoms with van der Waals surface area (Å²) in [6.07, 6.45) is 0.537. The molecule has 0 bridgehead atoms. The third-order valence-corrected chi connectivity index (χ3v) is 4.99. The second kappa shape index (κ2) is 3.72. The Morgan fingerprint density at radius 2 is 1.82 bits per heavy atom. The van der Waals surface area contributed by atoms with E-state index in [4.69, 9.17) is 0 Å². The van der Waals surface area contributed by atoms with Gasteiger partial charge in [-0.05, 0) is 6.16 Å². The zero-order valence-electron chi connectivity index (χ0n) is 5.77. The van der Waals surface area contributed by atoms with Crippen LogP contribution in [0.25, 0.3) is 0 Å². The van der Waals surface area contributed by atoms with E-state index in [1.165, 1.54) is 0 Å². The molecule has 68 valence electrons. The zero-order chi connectivity index (χ0) is 9.12.